The number of nitrogens with two attached hydrogens (primary N) is 1. The highest BCUT2D eigenvalue weighted by atomic mass is 19.2. The zero-order chi connectivity index (χ0) is 19.7. The third kappa shape index (κ3) is 3.46. The highest BCUT2D eigenvalue weighted by Crippen LogP contribution is 2.40. The number of halogens is 3. The molecule has 0 aliphatic heterocycles. The van der Waals surface area contributed by atoms with Gasteiger partial charge in [0.1, 0.15) is 11.6 Å². The topological polar surface area (TPSA) is 51.8 Å². The summed E-state index contributed by atoms with van der Waals surface area (Å²) in [6.07, 6.45) is 6.48. The molecule has 1 aliphatic carbocycles. The normalized spacial score (nSPS) is 14.1. The Morgan fingerprint density at radius 1 is 0.929 bits per heavy atom. The van der Waals surface area contributed by atoms with Gasteiger partial charge in [-0.05, 0) is 60.4 Å². The molecule has 6 heteroatoms. The Morgan fingerprint density at radius 3 is 2.43 bits per heavy atom. The average molecular weight is 383 g/mol. The SMILES string of the molecule is Nc1cnc(-c2ccc(C3CCC3)c(CCc3cccc(F)c3F)c2F)cn1. The van der Waals surface area contributed by atoms with E-state index in [2.05, 4.69) is 9.97 Å². The van der Waals surface area contributed by atoms with Crippen molar-refractivity contribution in [1.29, 1.82) is 0 Å². The van der Waals surface area contributed by atoms with Gasteiger partial charge in [-0.3, -0.25) is 4.98 Å². The Labute approximate surface area is 161 Å². The molecule has 3 nitrogen and oxygen atoms in total. The maximum atomic E-state index is 15.5. The van der Waals surface area contributed by atoms with Crippen LogP contribution < -0.4 is 5.73 Å². The van der Waals surface area contributed by atoms with Gasteiger partial charge in [0.05, 0.1) is 18.1 Å². The van der Waals surface area contributed by atoms with Crippen molar-refractivity contribution in [2.45, 2.75) is 38.0 Å². The molecule has 0 saturated heterocycles. The lowest BCUT2D eigenvalue weighted by atomic mass is 9.77. The Kier molecular flexibility index (Phi) is 5.03. The molecule has 1 heterocycles. The summed E-state index contributed by atoms with van der Waals surface area (Å²) in [4.78, 5) is 8.15. The molecule has 0 unspecified atom stereocenters. The van der Waals surface area contributed by atoms with Gasteiger partial charge in [0.15, 0.2) is 11.6 Å². The maximum Gasteiger partial charge on any atom is 0.162 e. The number of rotatable bonds is 5. The fourth-order valence-corrected chi connectivity index (χ4v) is 3.67. The van der Waals surface area contributed by atoms with E-state index in [1.165, 1.54) is 24.5 Å². The van der Waals surface area contributed by atoms with Gasteiger partial charge in [-0.15, -0.1) is 0 Å². The molecule has 0 radical (unpaired) electrons. The standard InChI is InChI=1S/C22H20F3N3/c23-18-6-2-5-14(21(18)24)7-8-16-15(13-3-1-4-13)9-10-17(22(16)25)19-11-28-20(26)12-27-19/h2,5-6,9-13H,1,3-4,7-8H2,(H2,26,28). The first kappa shape index (κ1) is 18.5. The summed E-state index contributed by atoms with van der Waals surface area (Å²) in [6.45, 7) is 0. The smallest absolute Gasteiger partial charge is 0.162 e. The zero-order valence-electron chi connectivity index (χ0n) is 15.3. The molecule has 3 aromatic rings. The van der Waals surface area contributed by atoms with Crippen molar-refractivity contribution in [1.82, 2.24) is 9.97 Å². The van der Waals surface area contributed by atoms with E-state index >= 15 is 4.39 Å². The highest BCUT2D eigenvalue weighted by molar-refractivity contribution is 5.62. The van der Waals surface area contributed by atoms with Crippen LogP contribution >= 0.6 is 0 Å². The molecule has 144 valence electrons. The fourth-order valence-electron chi connectivity index (χ4n) is 3.67. The molecular weight excluding hydrogens is 363 g/mol. The van der Waals surface area contributed by atoms with Crippen LogP contribution in [0.3, 0.4) is 0 Å². The third-order valence-electron chi connectivity index (χ3n) is 5.45. The lowest BCUT2D eigenvalue weighted by Crippen LogP contribution is -2.14. The zero-order valence-corrected chi connectivity index (χ0v) is 15.3. The number of benzene rings is 2. The van der Waals surface area contributed by atoms with Gasteiger partial charge in [-0.25, -0.2) is 18.2 Å². The Balaban J connectivity index is 1.71. The second-order valence-electron chi connectivity index (χ2n) is 7.16. The summed E-state index contributed by atoms with van der Waals surface area (Å²) < 4.78 is 43.0. The van der Waals surface area contributed by atoms with Crippen LogP contribution in [-0.4, -0.2) is 9.97 Å². The van der Waals surface area contributed by atoms with Crippen molar-refractivity contribution >= 4 is 5.82 Å². The number of aryl methyl sites for hydroxylation is 1. The highest BCUT2D eigenvalue weighted by Gasteiger charge is 2.25. The van der Waals surface area contributed by atoms with Crippen LogP contribution in [0.25, 0.3) is 11.3 Å². The Morgan fingerprint density at radius 2 is 1.75 bits per heavy atom. The van der Waals surface area contributed by atoms with Gasteiger partial charge in [0, 0.05) is 5.56 Å². The minimum Gasteiger partial charge on any atom is -0.382 e. The van der Waals surface area contributed by atoms with E-state index in [0.29, 0.717) is 22.7 Å². The predicted molar refractivity (Wildman–Crippen MR) is 102 cm³/mol. The predicted octanol–water partition coefficient (Wildman–Crippen LogP) is 5.20. The number of nitrogens with zero attached hydrogens (tertiary/aromatic N) is 2. The summed E-state index contributed by atoms with van der Waals surface area (Å²) in [5, 5.41) is 0. The van der Waals surface area contributed by atoms with Crippen molar-refractivity contribution in [2.75, 3.05) is 5.73 Å². The molecule has 0 spiro atoms. The van der Waals surface area contributed by atoms with Crippen LogP contribution in [0.1, 0.15) is 41.9 Å². The molecule has 1 aliphatic rings. The molecule has 2 aromatic carbocycles. The second-order valence-corrected chi connectivity index (χ2v) is 7.16. The molecule has 28 heavy (non-hydrogen) atoms. The third-order valence-corrected chi connectivity index (χ3v) is 5.45. The minimum atomic E-state index is -0.886. The number of anilines is 1. The van der Waals surface area contributed by atoms with Gasteiger partial charge < -0.3 is 5.73 Å². The number of nitrogen functional groups attached to an aromatic ring is 1. The fraction of sp³-hybridized carbons (Fsp3) is 0.273. The van der Waals surface area contributed by atoms with Crippen LogP contribution in [0.5, 0.6) is 0 Å². The first-order chi connectivity index (χ1) is 13.5. The van der Waals surface area contributed by atoms with E-state index in [-0.39, 0.29) is 30.0 Å². The van der Waals surface area contributed by atoms with Crippen molar-refractivity contribution in [3.8, 4) is 11.3 Å². The Hall–Kier alpha value is -2.89. The average Bonchev–Trinajstić information content (AvgIpc) is 2.64. The number of aromatic nitrogens is 2. The van der Waals surface area contributed by atoms with Crippen molar-refractivity contribution in [3.05, 3.63) is 76.9 Å². The molecule has 1 fully saturated rings. The first-order valence-electron chi connectivity index (χ1n) is 9.36. The molecule has 0 amide bonds. The van der Waals surface area contributed by atoms with Crippen LogP contribution in [0.4, 0.5) is 19.0 Å². The van der Waals surface area contributed by atoms with Gasteiger partial charge in [-0.1, -0.05) is 24.6 Å². The van der Waals surface area contributed by atoms with E-state index in [1.54, 1.807) is 6.07 Å². The lowest BCUT2D eigenvalue weighted by Gasteiger charge is -2.29. The van der Waals surface area contributed by atoms with E-state index in [1.807, 2.05) is 6.07 Å². The molecule has 0 bridgehead atoms. The van der Waals surface area contributed by atoms with Gasteiger partial charge >= 0.3 is 0 Å². The summed E-state index contributed by atoms with van der Waals surface area (Å²) in [7, 11) is 0. The van der Waals surface area contributed by atoms with E-state index in [4.69, 9.17) is 5.73 Å². The van der Waals surface area contributed by atoms with Gasteiger partial charge in [0.2, 0.25) is 0 Å². The largest absolute Gasteiger partial charge is 0.382 e. The van der Waals surface area contributed by atoms with E-state index < -0.39 is 11.6 Å². The van der Waals surface area contributed by atoms with Crippen LogP contribution in [-0.2, 0) is 12.8 Å². The minimum absolute atomic E-state index is 0.219. The molecular formula is C22H20F3N3. The summed E-state index contributed by atoms with van der Waals surface area (Å²) in [5.41, 5.74) is 8.04. The van der Waals surface area contributed by atoms with Crippen LogP contribution in [0.15, 0.2) is 42.7 Å². The molecule has 2 N–H and O–H groups in total. The molecule has 1 saturated carbocycles. The van der Waals surface area contributed by atoms with Crippen LogP contribution in [0.2, 0.25) is 0 Å². The van der Waals surface area contributed by atoms with Gasteiger partial charge in [-0.2, -0.15) is 0 Å². The summed E-state index contributed by atoms with van der Waals surface area (Å²) >= 11 is 0. The van der Waals surface area contributed by atoms with E-state index in [9.17, 15) is 8.78 Å². The Bertz CT molecular complexity index is 999. The number of hydrogen-bond acceptors (Lipinski definition) is 3. The second kappa shape index (κ2) is 7.62. The van der Waals surface area contributed by atoms with Crippen molar-refractivity contribution in [3.63, 3.8) is 0 Å². The van der Waals surface area contributed by atoms with Gasteiger partial charge in [0.25, 0.3) is 0 Å². The van der Waals surface area contributed by atoms with Crippen molar-refractivity contribution < 1.29 is 13.2 Å². The number of hydrogen-bond donors (Lipinski definition) is 1. The van der Waals surface area contributed by atoms with Crippen molar-refractivity contribution in [2.24, 2.45) is 0 Å². The summed E-state index contributed by atoms with van der Waals surface area (Å²) in [6, 6.07) is 7.73. The monoisotopic (exact) mass is 383 g/mol. The quantitative estimate of drug-likeness (QED) is 0.659. The molecule has 4 rings (SSSR count). The van der Waals surface area contributed by atoms with Crippen LogP contribution in [0, 0.1) is 17.5 Å². The lowest BCUT2D eigenvalue weighted by molar-refractivity contribution is 0.414. The first-order valence-corrected chi connectivity index (χ1v) is 9.36. The van der Waals surface area contributed by atoms with E-state index in [0.717, 1.165) is 30.9 Å². The maximum absolute atomic E-state index is 15.5. The summed E-state index contributed by atoms with van der Waals surface area (Å²) in [5.74, 6) is -1.55. The molecule has 1 aromatic heterocycles. The molecule has 0 atom stereocenters.